The third kappa shape index (κ3) is 4.32. The van der Waals surface area contributed by atoms with E-state index in [0.717, 1.165) is 31.5 Å². The van der Waals surface area contributed by atoms with Gasteiger partial charge in [0, 0.05) is 37.1 Å². The van der Waals surface area contributed by atoms with E-state index in [1.54, 1.807) is 42.5 Å². The maximum atomic E-state index is 13.8. The first kappa shape index (κ1) is 17.3. The first-order chi connectivity index (χ1) is 12.1. The largest absolute Gasteiger partial charge is 0.343 e. The number of amides is 1. The van der Waals surface area contributed by atoms with E-state index in [0.29, 0.717) is 11.1 Å². The van der Waals surface area contributed by atoms with Crippen LogP contribution < -0.4 is 0 Å². The lowest BCUT2D eigenvalue weighted by Gasteiger charge is -2.26. The standard InChI is InChI=1S/C21H22FNO2/c22-19-7-3-2-6-18(19)16-8-10-17(11-9-16)20(24)12-13-21(25)23-14-4-1-5-15-23/h2-3,6-11H,1,4-5,12-15H2. The monoisotopic (exact) mass is 339 g/mol. The van der Waals surface area contributed by atoms with Crippen LogP contribution in [0.2, 0.25) is 0 Å². The number of Topliss-reactive ketones (excluding diaryl/α,β-unsaturated/α-hetero) is 1. The van der Waals surface area contributed by atoms with Crippen molar-refractivity contribution in [1.29, 1.82) is 0 Å². The molecule has 0 spiro atoms. The Morgan fingerprint density at radius 2 is 1.56 bits per heavy atom. The summed E-state index contributed by atoms with van der Waals surface area (Å²) in [7, 11) is 0. The van der Waals surface area contributed by atoms with Gasteiger partial charge in [-0.2, -0.15) is 0 Å². The van der Waals surface area contributed by atoms with Gasteiger partial charge >= 0.3 is 0 Å². The van der Waals surface area contributed by atoms with Gasteiger partial charge in [-0.25, -0.2) is 4.39 Å². The van der Waals surface area contributed by atoms with Gasteiger partial charge in [-0.15, -0.1) is 0 Å². The summed E-state index contributed by atoms with van der Waals surface area (Å²) in [6.45, 7) is 1.62. The summed E-state index contributed by atoms with van der Waals surface area (Å²) in [5.74, 6) is -0.268. The van der Waals surface area contributed by atoms with Gasteiger partial charge in [0.15, 0.2) is 5.78 Å². The number of hydrogen-bond donors (Lipinski definition) is 0. The minimum absolute atomic E-state index is 0.0505. The number of benzene rings is 2. The SMILES string of the molecule is O=C(CCC(=O)N1CCCCC1)c1ccc(-c2ccccc2F)cc1. The molecule has 0 aliphatic carbocycles. The number of ketones is 1. The van der Waals surface area contributed by atoms with E-state index < -0.39 is 0 Å². The van der Waals surface area contributed by atoms with E-state index in [9.17, 15) is 14.0 Å². The smallest absolute Gasteiger partial charge is 0.223 e. The van der Waals surface area contributed by atoms with Crippen molar-refractivity contribution >= 4 is 11.7 Å². The fourth-order valence-electron chi connectivity index (χ4n) is 3.20. The molecule has 2 aromatic rings. The highest BCUT2D eigenvalue weighted by Gasteiger charge is 2.17. The fraction of sp³-hybridized carbons (Fsp3) is 0.333. The molecule has 1 aliphatic heterocycles. The molecule has 130 valence electrons. The van der Waals surface area contributed by atoms with Crippen LogP contribution in [0.5, 0.6) is 0 Å². The Balaban J connectivity index is 1.59. The van der Waals surface area contributed by atoms with E-state index in [4.69, 9.17) is 0 Å². The number of likely N-dealkylation sites (tertiary alicyclic amines) is 1. The average Bonchev–Trinajstić information content (AvgIpc) is 2.67. The van der Waals surface area contributed by atoms with Crippen molar-refractivity contribution in [3.63, 3.8) is 0 Å². The van der Waals surface area contributed by atoms with Crippen LogP contribution in [-0.4, -0.2) is 29.7 Å². The van der Waals surface area contributed by atoms with E-state index in [1.807, 2.05) is 4.90 Å². The Bertz CT molecular complexity index is 749. The number of carbonyl (C=O) groups excluding carboxylic acids is 2. The summed E-state index contributed by atoms with van der Waals surface area (Å²) in [6, 6.07) is 13.5. The normalized spacial score (nSPS) is 14.4. The molecule has 0 aromatic heterocycles. The summed E-state index contributed by atoms with van der Waals surface area (Å²) < 4.78 is 13.8. The topological polar surface area (TPSA) is 37.4 Å². The molecule has 0 bridgehead atoms. The Labute approximate surface area is 147 Å². The van der Waals surface area contributed by atoms with Crippen molar-refractivity contribution in [1.82, 2.24) is 4.90 Å². The summed E-state index contributed by atoms with van der Waals surface area (Å²) in [6.07, 6.45) is 3.76. The molecule has 1 heterocycles. The number of rotatable bonds is 5. The van der Waals surface area contributed by atoms with Crippen LogP contribution in [0.3, 0.4) is 0 Å². The molecular weight excluding hydrogens is 317 g/mol. The molecule has 25 heavy (non-hydrogen) atoms. The van der Waals surface area contributed by atoms with Crippen molar-refractivity contribution < 1.29 is 14.0 Å². The van der Waals surface area contributed by atoms with E-state index in [1.165, 1.54) is 12.5 Å². The third-order valence-electron chi connectivity index (χ3n) is 4.67. The highest BCUT2D eigenvalue weighted by Crippen LogP contribution is 2.23. The first-order valence-electron chi connectivity index (χ1n) is 8.81. The lowest BCUT2D eigenvalue weighted by molar-refractivity contribution is -0.132. The van der Waals surface area contributed by atoms with Crippen molar-refractivity contribution in [2.24, 2.45) is 0 Å². The third-order valence-corrected chi connectivity index (χ3v) is 4.67. The summed E-state index contributed by atoms with van der Waals surface area (Å²) >= 11 is 0. The molecule has 0 saturated carbocycles. The second-order valence-corrected chi connectivity index (χ2v) is 6.42. The van der Waals surface area contributed by atoms with Crippen LogP contribution in [0.15, 0.2) is 48.5 Å². The highest BCUT2D eigenvalue weighted by atomic mass is 19.1. The van der Waals surface area contributed by atoms with Crippen LogP contribution in [-0.2, 0) is 4.79 Å². The van der Waals surface area contributed by atoms with Gasteiger partial charge in [0.05, 0.1) is 0 Å². The van der Waals surface area contributed by atoms with Crippen LogP contribution in [0.1, 0.15) is 42.5 Å². The average molecular weight is 339 g/mol. The predicted molar refractivity (Wildman–Crippen MR) is 95.8 cm³/mol. The minimum Gasteiger partial charge on any atom is -0.343 e. The predicted octanol–water partition coefficient (Wildman–Crippen LogP) is 4.47. The van der Waals surface area contributed by atoms with Gasteiger partial charge in [0.25, 0.3) is 0 Å². The molecule has 0 unspecified atom stereocenters. The Morgan fingerprint density at radius 3 is 2.24 bits per heavy atom. The second kappa shape index (κ2) is 8.06. The van der Waals surface area contributed by atoms with Gasteiger partial charge in [-0.3, -0.25) is 9.59 Å². The molecule has 0 N–H and O–H groups in total. The summed E-state index contributed by atoms with van der Waals surface area (Å²) in [5, 5.41) is 0. The number of nitrogens with zero attached hydrogens (tertiary/aromatic N) is 1. The molecule has 1 amide bonds. The Morgan fingerprint density at radius 1 is 0.880 bits per heavy atom. The van der Waals surface area contributed by atoms with Crippen LogP contribution in [0.25, 0.3) is 11.1 Å². The van der Waals surface area contributed by atoms with E-state index in [2.05, 4.69) is 0 Å². The van der Waals surface area contributed by atoms with Gasteiger partial charge in [-0.05, 0) is 30.9 Å². The number of halogens is 1. The molecular formula is C21H22FNO2. The molecule has 4 heteroatoms. The van der Waals surface area contributed by atoms with Gasteiger partial charge in [-0.1, -0.05) is 42.5 Å². The van der Waals surface area contributed by atoms with E-state index >= 15 is 0 Å². The molecule has 1 fully saturated rings. The van der Waals surface area contributed by atoms with Gasteiger partial charge < -0.3 is 4.90 Å². The zero-order valence-electron chi connectivity index (χ0n) is 14.2. The van der Waals surface area contributed by atoms with Crippen molar-refractivity contribution in [2.75, 3.05) is 13.1 Å². The molecule has 3 nitrogen and oxygen atoms in total. The van der Waals surface area contributed by atoms with Crippen molar-refractivity contribution in [3.05, 3.63) is 59.9 Å². The lowest BCUT2D eigenvalue weighted by atomic mass is 10.0. The number of piperidine rings is 1. The zero-order chi connectivity index (χ0) is 17.6. The van der Waals surface area contributed by atoms with Gasteiger partial charge in [0.2, 0.25) is 5.91 Å². The lowest BCUT2D eigenvalue weighted by Crippen LogP contribution is -2.35. The van der Waals surface area contributed by atoms with Crippen molar-refractivity contribution in [3.8, 4) is 11.1 Å². The highest BCUT2D eigenvalue weighted by molar-refractivity contribution is 5.98. The molecule has 0 radical (unpaired) electrons. The van der Waals surface area contributed by atoms with Crippen LogP contribution in [0.4, 0.5) is 4.39 Å². The number of hydrogen-bond acceptors (Lipinski definition) is 2. The molecule has 3 rings (SSSR count). The quantitative estimate of drug-likeness (QED) is 0.754. The Kier molecular flexibility index (Phi) is 5.59. The zero-order valence-corrected chi connectivity index (χ0v) is 14.2. The Hall–Kier alpha value is -2.49. The second-order valence-electron chi connectivity index (χ2n) is 6.42. The van der Waals surface area contributed by atoms with Crippen LogP contribution in [0, 0.1) is 5.82 Å². The minimum atomic E-state index is -0.284. The maximum Gasteiger partial charge on any atom is 0.223 e. The summed E-state index contributed by atoms with van der Waals surface area (Å²) in [4.78, 5) is 26.3. The summed E-state index contributed by atoms with van der Waals surface area (Å²) in [5.41, 5.74) is 1.81. The van der Waals surface area contributed by atoms with Crippen LogP contribution >= 0.6 is 0 Å². The fourth-order valence-corrected chi connectivity index (χ4v) is 3.20. The van der Waals surface area contributed by atoms with E-state index in [-0.39, 0.29) is 30.3 Å². The molecule has 1 saturated heterocycles. The molecule has 0 atom stereocenters. The first-order valence-corrected chi connectivity index (χ1v) is 8.81. The maximum absolute atomic E-state index is 13.8. The van der Waals surface area contributed by atoms with Crippen molar-refractivity contribution in [2.45, 2.75) is 32.1 Å². The molecule has 2 aromatic carbocycles. The molecule has 1 aliphatic rings. The van der Waals surface area contributed by atoms with Gasteiger partial charge in [0.1, 0.15) is 5.82 Å². The number of carbonyl (C=O) groups is 2.